The van der Waals surface area contributed by atoms with Gasteiger partial charge in [-0.3, -0.25) is 9.36 Å². The lowest BCUT2D eigenvalue weighted by molar-refractivity contribution is -0.138. The van der Waals surface area contributed by atoms with E-state index in [1.807, 2.05) is 97.1 Å². The van der Waals surface area contributed by atoms with Gasteiger partial charge < -0.3 is 9.47 Å². The zero-order valence-electron chi connectivity index (χ0n) is 23.6. The maximum Gasteiger partial charge on any atom is 0.338 e. The summed E-state index contributed by atoms with van der Waals surface area (Å²) in [6.45, 7) is 2.34. The van der Waals surface area contributed by atoms with Crippen molar-refractivity contribution < 1.29 is 14.3 Å². The molecule has 2 heterocycles. The average molecular weight is 642 g/mol. The molecule has 4 aromatic carbocycles. The lowest BCUT2D eigenvalue weighted by Crippen LogP contribution is -2.40. The average Bonchev–Trinajstić information content (AvgIpc) is 3.35. The summed E-state index contributed by atoms with van der Waals surface area (Å²) in [5.41, 5.74) is 3.81. The highest BCUT2D eigenvalue weighted by molar-refractivity contribution is 7.07. The molecule has 0 unspecified atom stereocenters. The van der Waals surface area contributed by atoms with E-state index in [4.69, 9.17) is 37.7 Å². The first-order valence-corrected chi connectivity index (χ1v) is 15.5. The molecule has 9 heteroatoms. The van der Waals surface area contributed by atoms with Crippen molar-refractivity contribution in [1.82, 2.24) is 4.57 Å². The Kier molecular flexibility index (Phi) is 8.79. The van der Waals surface area contributed by atoms with Crippen molar-refractivity contribution >= 4 is 52.3 Å². The largest absolute Gasteiger partial charge is 0.489 e. The third kappa shape index (κ3) is 6.26. The predicted molar refractivity (Wildman–Crippen MR) is 175 cm³/mol. The van der Waals surface area contributed by atoms with Crippen LogP contribution in [0.5, 0.6) is 5.75 Å². The summed E-state index contributed by atoms with van der Waals surface area (Å²) in [6.07, 6.45) is 1.82. The molecule has 44 heavy (non-hydrogen) atoms. The highest BCUT2D eigenvalue weighted by atomic mass is 35.5. The number of hydrogen-bond acceptors (Lipinski definition) is 6. The topological polar surface area (TPSA) is 69.9 Å². The summed E-state index contributed by atoms with van der Waals surface area (Å²) in [5.74, 6) is 0.173. The number of halogens is 2. The van der Waals surface area contributed by atoms with Crippen molar-refractivity contribution in [1.29, 1.82) is 0 Å². The zero-order chi connectivity index (χ0) is 30.6. The van der Waals surface area contributed by atoms with Crippen LogP contribution >= 0.6 is 34.5 Å². The van der Waals surface area contributed by atoms with E-state index in [2.05, 4.69) is 0 Å². The van der Waals surface area contributed by atoms with Gasteiger partial charge in [0.2, 0.25) is 0 Å². The summed E-state index contributed by atoms with van der Waals surface area (Å²) in [6, 6.07) is 30.8. The lowest BCUT2D eigenvalue weighted by Gasteiger charge is -2.25. The van der Waals surface area contributed by atoms with E-state index >= 15 is 0 Å². The molecule has 0 aliphatic carbocycles. The Labute approximate surface area is 267 Å². The molecule has 220 valence electrons. The Bertz CT molecular complexity index is 2020. The number of nitrogens with zero attached hydrogens (tertiary/aromatic N) is 2. The number of ether oxygens (including phenoxy) is 2. The molecule has 1 atom stereocenters. The molecule has 0 fully saturated rings. The fraction of sp³-hybridized carbons (Fsp3) is 0.114. The molecule has 1 aliphatic heterocycles. The first-order chi connectivity index (χ1) is 21.4. The van der Waals surface area contributed by atoms with Gasteiger partial charge in [0.1, 0.15) is 12.4 Å². The van der Waals surface area contributed by atoms with Gasteiger partial charge in [-0.2, -0.15) is 0 Å². The molecule has 0 amide bonds. The van der Waals surface area contributed by atoms with Crippen LogP contribution in [0.1, 0.15) is 35.2 Å². The second-order valence-corrected chi connectivity index (χ2v) is 11.8. The molecule has 0 spiro atoms. The van der Waals surface area contributed by atoms with E-state index in [1.165, 1.54) is 11.3 Å². The van der Waals surface area contributed by atoms with Gasteiger partial charge in [-0.15, -0.1) is 0 Å². The standard InChI is InChI=1S/C35H26Cl2N2O4S/c1-2-42-34(41)30-31(24-6-4-3-5-7-24)38-35-39(32(30)25-12-16-27(37)17-13-25)33(40)29(44-35)20-22-10-18-28(19-11-22)43-21-23-8-14-26(36)15-9-23/h3-20,32H,2,21H2,1H3/b29-20-/t32-/m0/s1. The third-order valence-corrected chi connectivity index (χ3v) is 8.54. The first-order valence-electron chi connectivity index (χ1n) is 13.9. The van der Waals surface area contributed by atoms with Gasteiger partial charge in [-0.05, 0) is 66.1 Å². The summed E-state index contributed by atoms with van der Waals surface area (Å²) in [4.78, 5) is 32.9. The van der Waals surface area contributed by atoms with Crippen molar-refractivity contribution in [2.24, 2.45) is 4.99 Å². The Morgan fingerprint density at radius 3 is 2.23 bits per heavy atom. The van der Waals surface area contributed by atoms with Crippen LogP contribution in [0.15, 0.2) is 118 Å². The monoisotopic (exact) mass is 640 g/mol. The van der Waals surface area contributed by atoms with Gasteiger partial charge in [0.25, 0.3) is 5.56 Å². The molecular weight excluding hydrogens is 615 g/mol. The van der Waals surface area contributed by atoms with Crippen LogP contribution < -0.4 is 19.6 Å². The highest BCUT2D eigenvalue weighted by Gasteiger charge is 2.35. The van der Waals surface area contributed by atoms with Gasteiger partial charge in [-0.25, -0.2) is 9.79 Å². The molecule has 1 aromatic heterocycles. The number of fused-ring (bicyclic) bond motifs is 1. The molecule has 6 rings (SSSR count). The molecule has 0 saturated heterocycles. The molecule has 0 N–H and O–H groups in total. The number of rotatable bonds is 8. The fourth-order valence-electron chi connectivity index (χ4n) is 4.96. The van der Waals surface area contributed by atoms with Gasteiger partial charge in [0.15, 0.2) is 4.80 Å². The Morgan fingerprint density at radius 1 is 0.909 bits per heavy atom. The van der Waals surface area contributed by atoms with Crippen molar-refractivity contribution in [3.63, 3.8) is 0 Å². The van der Waals surface area contributed by atoms with Gasteiger partial charge in [0.05, 0.1) is 28.5 Å². The molecule has 0 saturated carbocycles. The Balaban J connectivity index is 1.42. The minimum absolute atomic E-state index is 0.182. The molecule has 0 radical (unpaired) electrons. The summed E-state index contributed by atoms with van der Waals surface area (Å²) in [5, 5.41) is 1.22. The van der Waals surface area contributed by atoms with Crippen LogP contribution in [0.3, 0.4) is 0 Å². The fourth-order valence-corrected chi connectivity index (χ4v) is 6.21. The number of hydrogen-bond donors (Lipinski definition) is 0. The molecule has 6 nitrogen and oxygen atoms in total. The number of carbonyl (C=O) groups excluding carboxylic acids is 1. The van der Waals surface area contributed by atoms with Crippen molar-refractivity contribution in [2.75, 3.05) is 6.61 Å². The second-order valence-electron chi connectivity index (χ2n) is 9.97. The molecule has 0 bridgehead atoms. The maximum atomic E-state index is 14.0. The molecule has 5 aromatic rings. The van der Waals surface area contributed by atoms with Crippen LogP contribution in [0, 0.1) is 0 Å². The number of carbonyl (C=O) groups is 1. The number of benzene rings is 4. The smallest absolute Gasteiger partial charge is 0.338 e. The molecule has 1 aliphatic rings. The van der Waals surface area contributed by atoms with Crippen LogP contribution in [-0.4, -0.2) is 17.1 Å². The van der Waals surface area contributed by atoms with Crippen LogP contribution in [0.2, 0.25) is 10.0 Å². The predicted octanol–water partition coefficient (Wildman–Crippen LogP) is 6.82. The van der Waals surface area contributed by atoms with Crippen LogP contribution in [0.25, 0.3) is 11.8 Å². The Morgan fingerprint density at radius 2 is 1.57 bits per heavy atom. The number of thiazole rings is 1. The van der Waals surface area contributed by atoms with Crippen LogP contribution in [0.4, 0.5) is 0 Å². The van der Waals surface area contributed by atoms with E-state index in [0.29, 0.717) is 43.0 Å². The van der Waals surface area contributed by atoms with E-state index in [9.17, 15) is 9.59 Å². The summed E-state index contributed by atoms with van der Waals surface area (Å²) in [7, 11) is 0. The van der Waals surface area contributed by atoms with E-state index in [-0.39, 0.29) is 12.2 Å². The van der Waals surface area contributed by atoms with Crippen molar-refractivity contribution in [3.8, 4) is 5.75 Å². The van der Waals surface area contributed by atoms with E-state index in [1.54, 1.807) is 23.6 Å². The second kappa shape index (κ2) is 13.1. The van der Waals surface area contributed by atoms with E-state index < -0.39 is 12.0 Å². The summed E-state index contributed by atoms with van der Waals surface area (Å²) < 4.78 is 13.5. The van der Waals surface area contributed by atoms with Gasteiger partial charge in [0, 0.05) is 15.6 Å². The van der Waals surface area contributed by atoms with Crippen molar-refractivity contribution in [3.05, 3.63) is 161 Å². The number of aromatic nitrogens is 1. The quantitative estimate of drug-likeness (QED) is 0.175. The minimum atomic E-state index is -0.761. The third-order valence-electron chi connectivity index (χ3n) is 7.06. The minimum Gasteiger partial charge on any atom is -0.489 e. The molecular formula is C35H26Cl2N2O4S. The lowest BCUT2D eigenvalue weighted by atomic mass is 9.93. The first kappa shape index (κ1) is 29.6. The van der Waals surface area contributed by atoms with Gasteiger partial charge >= 0.3 is 5.97 Å². The normalized spacial score (nSPS) is 14.6. The summed E-state index contributed by atoms with van der Waals surface area (Å²) >= 11 is 13.5. The number of esters is 1. The highest BCUT2D eigenvalue weighted by Crippen LogP contribution is 2.35. The van der Waals surface area contributed by atoms with Crippen LogP contribution in [-0.2, 0) is 16.1 Å². The maximum absolute atomic E-state index is 14.0. The Hall–Kier alpha value is -4.43. The zero-order valence-corrected chi connectivity index (χ0v) is 25.9. The SMILES string of the molecule is CCOC(=O)C1=C(c2ccccc2)N=c2s/c(=C\c3ccc(OCc4ccc(Cl)cc4)cc3)c(=O)n2[C@H]1c1ccc(Cl)cc1. The van der Waals surface area contributed by atoms with Crippen molar-refractivity contribution in [2.45, 2.75) is 19.6 Å². The van der Waals surface area contributed by atoms with E-state index in [0.717, 1.165) is 22.3 Å². The van der Waals surface area contributed by atoms with Gasteiger partial charge in [-0.1, -0.05) is 101 Å².